The average molecular weight is 207 g/mol. The van der Waals surface area contributed by atoms with E-state index in [1.165, 1.54) is 16.8 Å². The molecule has 0 radical (unpaired) electrons. The lowest BCUT2D eigenvalue weighted by Gasteiger charge is -2.17. The number of hydrogen-bond donors (Lipinski definition) is 1. The van der Waals surface area contributed by atoms with E-state index in [-0.39, 0.29) is 6.61 Å². The normalized spacial score (nSPS) is 14.4. The van der Waals surface area contributed by atoms with Crippen LogP contribution in [-0.2, 0) is 17.8 Å². The van der Waals surface area contributed by atoms with Crippen molar-refractivity contribution in [1.29, 1.82) is 0 Å². The molecule has 0 saturated heterocycles. The van der Waals surface area contributed by atoms with Crippen molar-refractivity contribution in [3.63, 3.8) is 0 Å². The minimum Gasteiger partial charge on any atom is -0.395 e. The summed E-state index contributed by atoms with van der Waals surface area (Å²) in [6.45, 7) is 2.65. The number of methoxy groups -OCH3 is 1. The molecule has 3 nitrogen and oxygen atoms in total. The van der Waals surface area contributed by atoms with E-state index < -0.39 is 0 Å². The summed E-state index contributed by atoms with van der Waals surface area (Å²) in [6.07, 6.45) is 1.08. The van der Waals surface area contributed by atoms with Gasteiger partial charge in [0, 0.05) is 25.9 Å². The van der Waals surface area contributed by atoms with E-state index in [9.17, 15) is 0 Å². The maximum Gasteiger partial charge on any atom is 0.0713 e. The summed E-state index contributed by atoms with van der Waals surface area (Å²) in [6, 6.07) is 6.43. The molecule has 1 N–H and O–H groups in total. The molecule has 0 aromatic heterocycles. The van der Waals surface area contributed by atoms with Gasteiger partial charge in [0.15, 0.2) is 0 Å². The SMILES string of the molecule is COCc1ccc2c(c1)CCN2CCO. The van der Waals surface area contributed by atoms with E-state index in [1.54, 1.807) is 7.11 Å². The molecule has 0 unspecified atom stereocenters. The smallest absolute Gasteiger partial charge is 0.0713 e. The van der Waals surface area contributed by atoms with E-state index in [0.29, 0.717) is 6.61 Å². The van der Waals surface area contributed by atoms with Crippen LogP contribution in [0, 0.1) is 0 Å². The number of nitrogens with zero attached hydrogens (tertiary/aromatic N) is 1. The third-order valence-electron chi connectivity index (χ3n) is 2.82. The molecule has 3 heteroatoms. The predicted molar refractivity (Wildman–Crippen MR) is 60.2 cm³/mol. The number of anilines is 1. The lowest BCUT2D eigenvalue weighted by atomic mass is 10.1. The molecule has 1 aromatic carbocycles. The lowest BCUT2D eigenvalue weighted by Crippen LogP contribution is -2.23. The largest absolute Gasteiger partial charge is 0.395 e. The molecule has 0 atom stereocenters. The highest BCUT2D eigenvalue weighted by Crippen LogP contribution is 2.28. The third-order valence-corrected chi connectivity index (χ3v) is 2.82. The van der Waals surface area contributed by atoms with Crippen LogP contribution in [0.15, 0.2) is 18.2 Å². The summed E-state index contributed by atoms with van der Waals surface area (Å²) >= 11 is 0. The first-order valence-electron chi connectivity index (χ1n) is 5.31. The molecule has 0 aliphatic carbocycles. The van der Waals surface area contributed by atoms with Gasteiger partial charge in [-0.15, -0.1) is 0 Å². The number of β-amino-alcohol motifs (C(OH)–C–C–N with tert-alkyl or cyclic N) is 1. The van der Waals surface area contributed by atoms with Crippen molar-refractivity contribution >= 4 is 5.69 Å². The quantitative estimate of drug-likeness (QED) is 0.805. The Hall–Kier alpha value is -1.06. The number of aliphatic hydroxyl groups excluding tert-OH is 1. The van der Waals surface area contributed by atoms with Gasteiger partial charge >= 0.3 is 0 Å². The highest BCUT2D eigenvalue weighted by molar-refractivity contribution is 5.59. The van der Waals surface area contributed by atoms with Crippen LogP contribution >= 0.6 is 0 Å². The molecule has 1 aliphatic rings. The number of ether oxygens (including phenoxy) is 1. The molecule has 1 aromatic rings. The van der Waals surface area contributed by atoms with Crippen molar-refractivity contribution in [1.82, 2.24) is 0 Å². The van der Waals surface area contributed by atoms with Gasteiger partial charge in [-0.2, -0.15) is 0 Å². The highest BCUT2D eigenvalue weighted by Gasteiger charge is 2.18. The minimum absolute atomic E-state index is 0.221. The van der Waals surface area contributed by atoms with Crippen LogP contribution in [0.4, 0.5) is 5.69 Å². The minimum atomic E-state index is 0.221. The van der Waals surface area contributed by atoms with E-state index in [0.717, 1.165) is 19.5 Å². The van der Waals surface area contributed by atoms with Crippen molar-refractivity contribution in [2.75, 3.05) is 31.7 Å². The summed E-state index contributed by atoms with van der Waals surface area (Å²) in [4.78, 5) is 2.23. The molecule has 0 fully saturated rings. The topological polar surface area (TPSA) is 32.7 Å². The first kappa shape index (κ1) is 10.5. The summed E-state index contributed by atoms with van der Waals surface area (Å²) in [5.74, 6) is 0. The van der Waals surface area contributed by atoms with Crippen LogP contribution < -0.4 is 4.90 Å². The monoisotopic (exact) mass is 207 g/mol. The summed E-state index contributed by atoms with van der Waals surface area (Å²) in [7, 11) is 1.71. The zero-order valence-corrected chi connectivity index (χ0v) is 9.07. The van der Waals surface area contributed by atoms with Crippen molar-refractivity contribution < 1.29 is 9.84 Å². The number of benzene rings is 1. The van der Waals surface area contributed by atoms with Gasteiger partial charge in [0.25, 0.3) is 0 Å². The zero-order chi connectivity index (χ0) is 10.7. The van der Waals surface area contributed by atoms with E-state index in [4.69, 9.17) is 9.84 Å². The van der Waals surface area contributed by atoms with Gasteiger partial charge in [-0.25, -0.2) is 0 Å². The molecule has 0 saturated carbocycles. The van der Waals surface area contributed by atoms with E-state index in [2.05, 4.69) is 23.1 Å². The van der Waals surface area contributed by atoms with Crippen LogP contribution in [0.1, 0.15) is 11.1 Å². The Labute approximate surface area is 90.3 Å². The van der Waals surface area contributed by atoms with Crippen molar-refractivity contribution in [2.45, 2.75) is 13.0 Å². The molecular weight excluding hydrogens is 190 g/mol. The van der Waals surface area contributed by atoms with E-state index in [1.807, 2.05) is 0 Å². The Balaban J connectivity index is 2.18. The molecule has 15 heavy (non-hydrogen) atoms. The molecule has 1 heterocycles. The van der Waals surface area contributed by atoms with Crippen LogP contribution in [0.3, 0.4) is 0 Å². The Morgan fingerprint density at radius 2 is 2.33 bits per heavy atom. The van der Waals surface area contributed by atoms with Gasteiger partial charge in [-0.3, -0.25) is 0 Å². The number of fused-ring (bicyclic) bond motifs is 1. The maximum atomic E-state index is 8.93. The average Bonchev–Trinajstić information content (AvgIpc) is 2.62. The van der Waals surface area contributed by atoms with Gasteiger partial charge in [0.1, 0.15) is 0 Å². The fourth-order valence-electron chi connectivity index (χ4n) is 2.13. The number of aliphatic hydroxyl groups is 1. The second kappa shape index (κ2) is 4.64. The molecule has 82 valence electrons. The molecule has 2 rings (SSSR count). The Kier molecular flexibility index (Phi) is 3.23. The van der Waals surface area contributed by atoms with Crippen LogP contribution in [0.25, 0.3) is 0 Å². The zero-order valence-electron chi connectivity index (χ0n) is 9.07. The first-order chi connectivity index (χ1) is 7.35. The molecule has 1 aliphatic heterocycles. The van der Waals surface area contributed by atoms with Crippen LogP contribution in [-0.4, -0.2) is 31.9 Å². The molecule has 0 bridgehead atoms. The summed E-state index contributed by atoms with van der Waals surface area (Å²) in [5.41, 5.74) is 3.86. The van der Waals surface area contributed by atoms with Crippen molar-refractivity contribution in [3.8, 4) is 0 Å². The fraction of sp³-hybridized carbons (Fsp3) is 0.500. The Morgan fingerprint density at radius 3 is 3.07 bits per heavy atom. The summed E-state index contributed by atoms with van der Waals surface area (Å²) < 4.78 is 5.11. The summed E-state index contributed by atoms with van der Waals surface area (Å²) in [5, 5.41) is 8.93. The van der Waals surface area contributed by atoms with E-state index >= 15 is 0 Å². The molecular formula is C12H17NO2. The van der Waals surface area contributed by atoms with Gasteiger partial charge in [-0.1, -0.05) is 12.1 Å². The highest BCUT2D eigenvalue weighted by atomic mass is 16.5. The van der Waals surface area contributed by atoms with Crippen molar-refractivity contribution in [3.05, 3.63) is 29.3 Å². The second-order valence-corrected chi connectivity index (χ2v) is 3.86. The third kappa shape index (κ3) is 2.13. The van der Waals surface area contributed by atoms with Gasteiger partial charge in [0.2, 0.25) is 0 Å². The predicted octanol–water partition coefficient (Wildman–Crippen LogP) is 1.19. The number of rotatable bonds is 4. The Bertz CT molecular complexity index is 338. The van der Waals surface area contributed by atoms with Gasteiger partial charge in [0.05, 0.1) is 13.2 Å². The molecule has 0 amide bonds. The second-order valence-electron chi connectivity index (χ2n) is 3.86. The van der Waals surface area contributed by atoms with Crippen LogP contribution in [0.2, 0.25) is 0 Å². The fourth-order valence-corrected chi connectivity index (χ4v) is 2.13. The standard InChI is InChI=1S/C12H17NO2/c1-15-9-10-2-3-12-11(8-10)4-5-13(12)6-7-14/h2-3,8,14H,4-7,9H2,1H3. The number of hydrogen-bond acceptors (Lipinski definition) is 3. The molecule has 0 spiro atoms. The van der Waals surface area contributed by atoms with Crippen LogP contribution in [0.5, 0.6) is 0 Å². The van der Waals surface area contributed by atoms with Crippen molar-refractivity contribution in [2.24, 2.45) is 0 Å². The first-order valence-corrected chi connectivity index (χ1v) is 5.31. The van der Waals surface area contributed by atoms with Gasteiger partial charge in [-0.05, 0) is 23.6 Å². The van der Waals surface area contributed by atoms with Gasteiger partial charge < -0.3 is 14.7 Å². The maximum absolute atomic E-state index is 8.93. The lowest BCUT2D eigenvalue weighted by molar-refractivity contribution is 0.185. The Morgan fingerprint density at radius 1 is 1.47 bits per heavy atom.